The number of rotatable bonds is 6. The Hall–Kier alpha value is -3.68. The van der Waals surface area contributed by atoms with Gasteiger partial charge in [0.05, 0.1) is 16.2 Å². The molecule has 0 saturated carbocycles. The van der Waals surface area contributed by atoms with E-state index < -0.39 is 39.2 Å². The number of imidazole rings is 1. The van der Waals surface area contributed by atoms with Crippen molar-refractivity contribution in [2.75, 3.05) is 5.75 Å². The summed E-state index contributed by atoms with van der Waals surface area (Å²) in [5.41, 5.74) is -3.61. The maximum absolute atomic E-state index is 13.4. The van der Waals surface area contributed by atoms with Gasteiger partial charge in [0.1, 0.15) is 22.7 Å². The first-order valence-electron chi connectivity index (χ1n) is 11.0. The zero-order valence-electron chi connectivity index (χ0n) is 20.5. The Labute approximate surface area is 213 Å². The molecule has 1 aromatic carbocycles. The first-order valence-corrected chi connectivity index (χ1v) is 12.6. The fourth-order valence-electron chi connectivity index (χ4n) is 3.69. The largest absolute Gasteiger partial charge is 0.433 e. The number of halogens is 6. The highest BCUT2D eigenvalue weighted by atomic mass is 32.2. The molecule has 0 radical (unpaired) electrons. The molecule has 0 N–H and O–H groups in total. The van der Waals surface area contributed by atoms with Crippen molar-refractivity contribution in [2.24, 2.45) is 19.1 Å². The number of aliphatic imine (C=N–C) groups is 1. The Bertz CT molecular complexity index is 1640. The minimum atomic E-state index is -4.83. The van der Waals surface area contributed by atoms with Crippen LogP contribution in [0.4, 0.5) is 26.3 Å². The number of fused-ring (bicyclic) bond motifs is 1. The van der Waals surface area contributed by atoms with E-state index in [9.17, 15) is 39.6 Å². The summed E-state index contributed by atoms with van der Waals surface area (Å²) in [6.07, 6.45) is -5.53. The average Bonchev–Trinajstić information content (AvgIpc) is 3.15. The van der Waals surface area contributed by atoms with E-state index in [0.29, 0.717) is 10.6 Å². The first kappa shape index (κ1) is 28.9. The van der Waals surface area contributed by atoms with Crippen molar-refractivity contribution in [1.29, 1.82) is 0 Å². The second-order valence-electron chi connectivity index (χ2n) is 8.11. The molecule has 2 aromatic heterocycles. The van der Waals surface area contributed by atoms with Crippen LogP contribution >= 0.6 is 0 Å². The Morgan fingerprint density at radius 3 is 2.29 bits per heavy atom. The highest BCUT2D eigenvalue weighted by Gasteiger charge is 2.35. The van der Waals surface area contributed by atoms with Crippen molar-refractivity contribution in [3.8, 4) is 11.4 Å². The first-order chi connectivity index (χ1) is 17.5. The fourth-order valence-corrected chi connectivity index (χ4v) is 4.81. The van der Waals surface area contributed by atoms with Gasteiger partial charge in [-0.05, 0) is 42.8 Å². The van der Waals surface area contributed by atoms with Crippen LogP contribution in [0.5, 0.6) is 0 Å². The zero-order chi connectivity index (χ0) is 28.6. The molecule has 204 valence electrons. The molecule has 0 bridgehead atoms. The van der Waals surface area contributed by atoms with E-state index in [1.165, 1.54) is 55.8 Å². The molecule has 0 spiro atoms. The van der Waals surface area contributed by atoms with Gasteiger partial charge >= 0.3 is 12.4 Å². The van der Waals surface area contributed by atoms with Gasteiger partial charge in [-0.25, -0.2) is 13.4 Å². The van der Waals surface area contributed by atoms with Crippen molar-refractivity contribution >= 4 is 32.7 Å². The van der Waals surface area contributed by atoms with Crippen molar-refractivity contribution in [1.82, 2.24) is 14.1 Å². The van der Waals surface area contributed by atoms with Crippen LogP contribution in [-0.4, -0.2) is 40.2 Å². The third kappa shape index (κ3) is 5.59. The number of hydrogen-bond donors (Lipinski definition) is 0. The summed E-state index contributed by atoms with van der Waals surface area (Å²) in [4.78, 5) is 20.0. The molecule has 0 aliphatic rings. The Balaban J connectivity index is 2.23. The number of nitrogens with zero attached hydrogens (tertiary/aromatic N) is 4. The van der Waals surface area contributed by atoms with Crippen LogP contribution < -0.4 is 5.56 Å². The van der Waals surface area contributed by atoms with Gasteiger partial charge in [-0.1, -0.05) is 19.1 Å². The molecule has 0 saturated heterocycles. The quantitative estimate of drug-likeness (QED) is 0.303. The van der Waals surface area contributed by atoms with Crippen LogP contribution in [0.2, 0.25) is 0 Å². The van der Waals surface area contributed by atoms with Crippen LogP contribution in [0.3, 0.4) is 0 Å². The second-order valence-corrected chi connectivity index (χ2v) is 10.4. The lowest BCUT2D eigenvalue weighted by Crippen LogP contribution is -2.26. The lowest BCUT2D eigenvalue weighted by molar-refractivity contribution is -0.143. The third-order valence-corrected chi connectivity index (χ3v) is 7.38. The maximum atomic E-state index is 13.4. The lowest BCUT2D eigenvalue weighted by Gasteiger charge is -2.12. The van der Waals surface area contributed by atoms with Gasteiger partial charge in [0, 0.05) is 25.9 Å². The summed E-state index contributed by atoms with van der Waals surface area (Å²) in [6, 6.07) is 4.60. The highest BCUT2D eigenvalue weighted by Crippen LogP contribution is 2.33. The number of sulfone groups is 1. The molecule has 14 heteroatoms. The third-order valence-electron chi connectivity index (χ3n) is 5.61. The predicted octanol–water partition coefficient (Wildman–Crippen LogP) is 5.30. The number of alkyl halides is 6. The van der Waals surface area contributed by atoms with Crippen molar-refractivity contribution in [3.05, 3.63) is 64.2 Å². The molecular weight excluding hydrogens is 538 g/mol. The summed E-state index contributed by atoms with van der Waals surface area (Å²) in [5, 5.41) is 0. The molecule has 7 nitrogen and oxygen atoms in total. The van der Waals surface area contributed by atoms with Gasteiger partial charge in [0.25, 0.3) is 5.56 Å². The van der Waals surface area contributed by atoms with Crippen LogP contribution in [0.15, 0.2) is 57.3 Å². The van der Waals surface area contributed by atoms with E-state index in [1.54, 1.807) is 0 Å². The van der Waals surface area contributed by atoms with E-state index >= 15 is 0 Å². The van der Waals surface area contributed by atoms with E-state index in [2.05, 4.69) is 9.98 Å². The number of aryl methyl sites for hydroxylation is 1. The number of hydrogen-bond acceptors (Lipinski definition) is 5. The van der Waals surface area contributed by atoms with E-state index in [-0.39, 0.29) is 38.6 Å². The summed E-state index contributed by atoms with van der Waals surface area (Å²) in [5.74, 6) is -0.432. The van der Waals surface area contributed by atoms with Gasteiger partial charge in [-0.15, -0.1) is 0 Å². The summed E-state index contributed by atoms with van der Waals surface area (Å²) in [6.45, 7) is 2.77. The van der Waals surface area contributed by atoms with E-state index in [4.69, 9.17) is 0 Å². The van der Waals surface area contributed by atoms with E-state index in [0.717, 1.165) is 19.3 Å². The Kier molecular flexibility index (Phi) is 7.78. The molecule has 0 aliphatic heterocycles. The fraction of sp³-hybridized carbons (Fsp3) is 0.292. The van der Waals surface area contributed by atoms with Crippen LogP contribution in [0, 0.1) is 0 Å². The molecule has 3 rings (SSSR count). The van der Waals surface area contributed by atoms with Crippen LogP contribution in [0.25, 0.3) is 28.5 Å². The van der Waals surface area contributed by atoms with Gasteiger partial charge in [0.2, 0.25) is 0 Å². The Morgan fingerprint density at radius 1 is 1.08 bits per heavy atom. The van der Waals surface area contributed by atoms with Crippen LogP contribution in [-0.2, 0) is 30.1 Å². The summed E-state index contributed by atoms with van der Waals surface area (Å²) < 4.78 is 107. The second kappa shape index (κ2) is 10.2. The van der Waals surface area contributed by atoms with E-state index in [1.807, 2.05) is 0 Å². The molecule has 38 heavy (non-hydrogen) atoms. The summed E-state index contributed by atoms with van der Waals surface area (Å²) >= 11 is 0. The topological polar surface area (TPSA) is 86.3 Å². The highest BCUT2D eigenvalue weighted by molar-refractivity contribution is 7.91. The predicted molar refractivity (Wildman–Crippen MR) is 131 cm³/mol. The van der Waals surface area contributed by atoms with Gasteiger partial charge in [0.15, 0.2) is 9.84 Å². The molecular formula is C24H22F6N4O3S. The number of benzene rings is 1. The van der Waals surface area contributed by atoms with Gasteiger partial charge in [-0.2, -0.15) is 26.3 Å². The normalized spacial score (nSPS) is 13.9. The average molecular weight is 561 g/mol. The van der Waals surface area contributed by atoms with Gasteiger partial charge < -0.3 is 9.13 Å². The molecule has 0 aliphatic carbocycles. The van der Waals surface area contributed by atoms with Crippen molar-refractivity contribution < 1.29 is 34.8 Å². The lowest BCUT2D eigenvalue weighted by atomic mass is 10.1. The maximum Gasteiger partial charge on any atom is 0.433 e. The molecule has 3 aromatic rings. The molecule has 0 atom stereocenters. The van der Waals surface area contributed by atoms with Gasteiger partial charge in [-0.3, -0.25) is 9.79 Å². The van der Waals surface area contributed by atoms with Crippen molar-refractivity contribution in [2.45, 2.75) is 31.1 Å². The monoisotopic (exact) mass is 560 g/mol. The number of pyridine rings is 1. The number of aromatic nitrogens is 3. The minimum absolute atomic E-state index is 0.00621. The molecule has 0 unspecified atom stereocenters. The van der Waals surface area contributed by atoms with Crippen molar-refractivity contribution in [3.63, 3.8) is 0 Å². The molecule has 0 fully saturated rings. The smallest absolute Gasteiger partial charge is 0.323 e. The number of allylic oxidation sites excluding steroid dienone is 2. The zero-order valence-corrected chi connectivity index (χ0v) is 21.3. The SMILES string of the molecule is C\C=C/C(=N/C=C/c1ccc(-c2nc3cc(C(F)(F)F)n(C)c(=O)c3n2C)c(S(=O)(=O)CC)c1)C(F)(F)F. The van der Waals surface area contributed by atoms with Crippen LogP contribution in [0.1, 0.15) is 25.1 Å². The molecule has 2 heterocycles. The minimum Gasteiger partial charge on any atom is -0.323 e. The molecule has 0 amide bonds. The summed E-state index contributed by atoms with van der Waals surface area (Å²) in [7, 11) is -1.62. The Morgan fingerprint density at radius 2 is 1.74 bits per heavy atom. The standard InChI is InChI=1S/C24H22F6N4O3S/c1-5-7-18(23(25,26)27)31-11-10-14-8-9-15(17(12-14)38(36,37)6-2)21-32-16-13-19(24(28,29)30)33(3)22(35)20(16)34(21)4/h5,7-13H,6H2,1-4H3/b7-5-,11-10+,31-18-.